The van der Waals surface area contributed by atoms with E-state index in [9.17, 15) is 0 Å². The zero-order chi connectivity index (χ0) is 11.4. The summed E-state index contributed by atoms with van der Waals surface area (Å²) in [5.74, 6) is 0. The zero-order valence-corrected chi connectivity index (χ0v) is 11.4. The lowest BCUT2D eigenvalue weighted by atomic mass is 9.32. The van der Waals surface area contributed by atoms with Gasteiger partial charge in [-0.05, 0) is 5.41 Å². The van der Waals surface area contributed by atoms with Crippen LogP contribution in [0.4, 0.5) is 0 Å². The van der Waals surface area contributed by atoms with Crippen molar-refractivity contribution in [3.05, 3.63) is 0 Å². The van der Waals surface area contributed by atoms with Crippen LogP contribution in [0.2, 0.25) is 18.5 Å². The predicted molar refractivity (Wildman–Crippen MR) is 69.4 cm³/mol. The fourth-order valence-corrected chi connectivity index (χ4v) is 1.52. The molecule has 0 nitrogen and oxygen atoms in total. The molecule has 0 rings (SSSR count). The Morgan fingerprint density at radius 1 is 0.929 bits per heavy atom. The van der Waals surface area contributed by atoms with Gasteiger partial charge in [0.05, 0.1) is 0 Å². The van der Waals surface area contributed by atoms with E-state index in [1.807, 2.05) is 0 Å². The molecule has 0 heterocycles. The highest BCUT2D eigenvalue weighted by atomic mass is 14.2. The summed E-state index contributed by atoms with van der Waals surface area (Å²) in [5, 5.41) is 0.518. The van der Waals surface area contributed by atoms with E-state index in [-0.39, 0.29) is 0 Å². The van der Waals surface area contributed by atoms with Gasteiger partial charge in [-0.25, -0.2) is 0 Å². The van der Waals surface area contributed by atoms with E-state index in [2.05, 4.69) is 48.4 Å². The van der Waals surface area contributed by atoms with Gasteiger partial charge in [-0.2, -0.15) is 0 Å². The Morgan fingerprint density at radius 3 is 1.79 bits per heavy atom. The van der Waals surface area contributed by atoms with Crippen molar-refractivity contribution in [2.75, 3.05) is 0 Å². The molecule has 1 heteroatoms. The van der Waals surface area contributed by atoms with Gasteiger partial charge >= 0.3 is 0 Å². The zero-order valence-electron chi connectivity index (χ0n) is 11.4. The third-order valence-electron chi connectivity index (χ3n) is 4.46. The van der Waals surface area contributed by atoms with Gasteiger partial charge in [-0.1, -0.05) is 79.3 Å². The first kappa shape index (κ1) is 14.1. The summed E-state index contributed by atoms with van der Waals surface area (Å²) in [5.41, 5.74) is 0.540. The molecule has 14 heavy (non-hydrogen) atoms. The van der Waals surface area contributed by atoms with E-state index in [1.54, 1.807) is 0 Å². The molecule has 0 saturated heterocycles. The van der Waals surface area contributed by atoms with Gasteiger partial charge in [0.2, 0.25) is 0 Å². The lowest BCUT2D eigenvalue weighted by Crippen LogP contribution is -2.25. The monoisotopic (exact) mass is 196 g/mol. The molecule has 0 bridgehead atoms. The van der Waals surface area contributed by atoms with E-state index < -0.39 is 0 Å². The summed E-state index contributed by atoms with van der Waals surface area (Å²) in [4.78, 5) is 0. The molecule has 0 amide bonds. The largest absolute Gasteiger partial charge is 0.142 e. The second-order valence-electron chi connectivity index (χ2n) is 6.30. The van der Waals surface area contributed by atoms with Crippen LogP contribution in [0.5, 0.6) is 0 Å². The Morgan fingerprint density at radius 2 is 1.43 bits per heavy atom. The Bertz CT molecular complexity index is 159. The molecule has 0 N–H and O–H groups in total. The van der Waals surface area contributed by atoms with Gasteiger partial charge in [-0.15, -0.1) is 0 Å². The van der Waals surface area contributed by atoms with Crippen LogP contribution in [-0.2, 0) is 0 Å². The maximum atomic E-state index is 2.41. The lowest BCUT2D eigenvalue weighted by molar-refractivity contribution is 0.336. The molecule has 0 fully saturated rings. The van der Waals surface area contributed by atoms with Crippen molar-refractivity contribution in [2.24, 2.45) is 5.41 Å². The minimum absolute atomic E-state index is 0.518. The minimum Gasteiger partial charge on any atom is -0.0857 e. The van der Waals surface area contributed by atoms with E-state index in [4.69, 9.17) is 0 Å². The Hall–Kier alpha value is 0.0649. The molecule has 0 aromatic carbocycles. The Kier molecular flexibility index (Phi) is 5.26. The fourth-order valence-electron chi connectivity index (χ4n) is 1.52. The van der Waals surface area contributed by atoms with Gasteiger partial charge in [-0.3, -0.25) is 0 Å². The van der Waals surface area contributed by atoms with Crippen molar-refractivity contribution in [1.82, 2.24) is 0 Å². The molecule has 0 aromatic rings. The molecular formula is C13H29B. The first-order valence-electron chi connectivity index (χ1n) is 6.25. The summed E-state index contributed by atoms with van der Waals surface area (Å²) in [7, 11) is 0. The normalized spacial score (nSPS) is 13.1. The number of hydrogen-bond acceptors (Lipinski definition) is 0. The average molecular weight is 196 g/mol. The van der Waals surface area contributed by atoms with Crippen LogP contribution in [0.1, 0.15) is 60.8 Å². The van der Waals surface area contributed by atoms with E-state index in [0.717, 1.165) is 6.71 Å². The molecule has 0 atom stereocenters. The molecule has 84 valence electrons. The molecule has 0 unspecified atom stereocenters. The second kappa shape index (κ2) is 5.23. The van der Waals surface area contributed by atoms with Crippen molar-refractivity contribution in [2.45, 2.75) is 79.3 Å². The Balaban J connectivity index is 4.02. The van der Waals surface area contributed by atoms with Crippen LogP contribution in [0, 0.1) is 5.41 Å². The van der Waals surface area contributed by atoms with Gasteiger partial charge in [0.15, 0.2) is 0 Å². The molecule has 0 radical (unpaired) electrons. The van der Waals surface area contributed by atoms with E-state index in [1.165, 1.54) is 25.6 Å². The summed E-state index contributed by atoms with van der Waals surface area (Å²) in [6.07, 6.45) is 5.34. The van der Waals surface area contributed by atoms with Gasteiger partial charge in [0.1, 0.15) is 6.71 Å². The quantitative estimate of drug-likeness (QED) is 0.516. The van der Waals surface area contributed by atoms with Crippen LogP contribution >= 0.6 is 0 Å². The smallest absolute Gasteiger partial charge is 0.0857 e. The van der Waals surface area contributed by atoms with Gasteiger partial charge < -0.3 is 0 Å². The SMILES string of the molecule is CCC(C)(C)CCB(C)C(C)(C)CC. The molecule has 0 aliphatic carbocycles. The third kappa shape index (κ3) is 4.53. The topological polar surface area (TPSA) is 0 Å². The average Bonchev–Trinajstić information content (AvgIpc) is 2.14. The van der Waals surface area contributed by atoms with E-state index >= 15 is 0 Å². The minimum atomic E-state index is 0.518. The summed E-state index contributed by atoms with van der Waals surface area (Å²) >= 11 is 0. The standard InChI is InChI=1S/C13H29B/c1-8-12(3,4)10-11-14(7)13(5,6)9-2/h8-11H2,1-7H3. The highest BCUT2D eigenvalue weighted by Gasteiger charge is 2.28. The first-order valence-corrected chi connectivity index (χ1v) is 6.25. The number of rotatable bonds is 6. The molecule has 0 saturated carbocycles. The fraction of sp³-hybridized carbons (Fsp3) is 1.00. The second-order valence-corrected chi connectivity index (χ2v) is 6.30. The van der Waals surface area contributed by atoms with E-state index in [0.29, 0.717) is 10.7 Å². The van der Waals surface area contributed by atoms with Crippen molar-refractivity contribution in [3.63, 3.8) is 0 Å². The van der Waals surface area contributed by atoms with Crippen molar-refractivity contribution < 1.29 is 0 Å². The predicted octanol–water partition coefficient (Wildman–Crippen LogP) is 5.13. The molecule has 0 spiro atoms. The molecule has 0 aliphatic rings. The molecular weight excluding hydrogens is 167 g/mol. The maximum Gasteiger partial charge on any atom is 0.142 e. The lowest BCUT2D eigenvalue weighted by Gasteiger charge is -2.31. The summed E-state index contributed by atoms with van der Waals surface area (Å²) in [6.45, 7) is 17.4. The third-order valence-corrected chi connectivity index (χ3v) is 4.46. The van der Waals surface area contributed by atoms with Crippen LogP contribution in [-0.4, -0.2) is 6.71 Å². The highest BCUT2D eigenvalue weighted by Crippen LogP contribution is 2.37. The highest BCUT2D eigenvalue weighted by molar-refractivity contribution is 6.60. The van der Waals surface area contributed by atoms with Crippen molar-refractivity contribution in [1.29, 1.82) is 0 Å². The van der Waals surface area contributed by atoms with Gasteiger partial charge in [0, 0.05) is 0 Å². The van der Waals surface area contributed by atoms with Crippen molar-refractivity contribution >= 4 is 6.71 Å². The van der Waals surface area contributed by atoms with Crippen LogP contribution in [0.25, 0.3) is 0 Å². The Labute approximate surface area is 91.9 Å². The van der Waals surface area contributed by atoms with Crippen molar-refractivity contribution in [3.8, 4) is 0 Å². The van der Waals surface area contributed by atoms with Crippen LogP contribution < -0.4 is 0 Å². The van der Waals surface area contributed by atoms with Gasteiger partial charge in [0.25, 0.3) is 0 Å². The van der Waals surface area contributed by atoms with Crippen LogP contribution in [0.15, 0.2) is 0 Å². The first-order chi connectivity index (χ1) is 6.25. The summed E-state index contributed by atoms with van der Waals surface area (Å²) in [6, 6.07) is 0. The maximum absolute atomic E-state index is 2.41. The number of hydrogen-bond donors (Lipinski definition) is 0. The molecule has 0 aliphatic heterocycles. The summed E-state index contributed by atoms with van der Waals surface area (Å²) < 4.78 is 0. The molecule has 0 aromatic heterocycles. The van der Waals surface area contributed by atoms with Crippen LogP contribution in [0.3, 0.4) is 0 Å².